The Morgan fingerprint density at radius 2 is 2.29 bits per heavy atom. The molecule has 0 saturated carbocycles. The fourth-order valence-electron chi connectivity index (χ4n) is 1.12. The number of aromatic hydroxyl groups is 1. The van der Waals surface area contributed by atoms with Crippen LogP contribution in [0.5, 0.6) is 5.75 Å². The van der Waals surface area contributed by atoms with Gasteiger partial charge in [-0.25, -0.2) is 0 Å². The fourth-order valence-corrected chi connectivity index (χ4v) is 1.31. The molecule has 0 unspecified atom stereocenters. The lowest BCUT2D eigenvalue weighted by molar-refractivity contribution is 0.101. The lowest BCUT2D eigenvalue weighted by Crippen LogP contribution is -1.92. The van der Waals surface area contributed by atoms with Crippen molar-refractivity contribution in [1.29, 1.82) is 0 Å². The Morgan fingerprint density at radius 1 is 1.57 bits per heavy atom. The Morgan fingerprint density at radius 3 is 2.86 bits per heavy atom. The van der Waals surface area contributed by atoms with Crippen LogP contribution in [0, 0.1) is 0 Å². The summed E-state index contributed by atoms with van der Waals surface area (Å²) in [5, 5.41) is 10.1. The predicted octanol–water partition coefficient (Wildman–Crippen LogP) is 3.00. The molecular weight excluding hydrogens is 244 g/mol. The molecular formula is C11H11BrO2. The summed E-state index contributed by atoms with van der Waals surface area (Å²) < 4.78 is 0. The van der Waals surface area contributed by atoms with Gasteiger partial charge in [-0.15, -0.1) is 0 Å². The first-order chi connectivity index (χ1) is 6.65. The Balaban J connectivity index is 3.06. The van der Waals surface area contributed by atoms with Crippen molar-refractivity contribution in [2.75, 3.05) is 5.33 Å². The number of Topliss-reactive ketones (excluding diaryl/α,β-unsaturated/α-hetero) is 1. The molecule has 1 aromatic carbocycles. The summed E-state index contributed by atoms with van der Waals surface area (Å²) in [6.07, 6.45) is 3.82. The highest BCUT2D eigenvalue weighted by Crippen LogP contribution is 2.19. The summed E-state index contributed by atoms with van der Waals surface area (Å²) in [4.78, 5) is 11.1. The Labute approximate surface area is 91.4 Å². The van der Waals surface area contributed by atoms with Gasteiger partial charge in [0.2, 0.25) is 0 Å². The van der Waals surface area contributed by atoms with E-state index < -0.39 is 0 Å². The van der Waals surface area contributed by atoms with Crippen LogP contribution in [-0.2, 0) is 0 Å². The number of phenolic OH excluding ortho intramolecular Hbond substituents is 1. The molecule has 0 aromatic heterocycles. The minimum Gasteiger partial charge on any atom is -0.507 e. The number of ketones is 1. The molecule has 3 heteroatoms. The topological polar surface area (TPSA) is 37.3 Å². The molecule has 0 radical (unpaired) electrons. The third-order valence-electron chi connectivity index (χ3n) is 1.80. The smallest absolute Gasteiger partial charge is 0.163 e. The SMILES string of the molecule is CC(=O)c1cc(C=CCBr)ccc1O. The molecule has 1 N–H and O–H groups in total. The van der Waals surface area contributed by atoms with E-state index in [9.17, 15) is 9.90 Å². The molecule has 0 bridgehead atoms. The van der Waals surface area contributed by atoms with Gasteiger partial charge in [0, 0.05) is 5.33 Å². The maximum Gasteiger partial charge on any atom is 0.163 e. The average molecular weight is 255 g/mol. The minimum atomic E-state index is -0.128. The van der Waals surface area contributed by atoms with Gasteiger partial charge in [0.25, 0.3) is 0 Å². The van der Waals surface area contributed by atoms with Crippen molar-refractivity contribution < 1.29 is 9.90 Å². The minimum absolute atomic E-state index is 0.0356. The van der Waals surface area contributed by atoms with Gasteiger partial charge in [-0.05, 0) is 24.6 Å². The van der Waals surface area contributed by atoms with Crippen LogP contribution in [0.15, 0.2) is 24.3 Å². The van der Waals surface area contributed by atoms with E-state index >= 15 is 0 Å². The van der Waals surface area contributed by atoms with Crippen molar-refractivity contribution in [2.45, 2.75) is 6.92 Å². The molecule has 1 aromatic rings. The highest BCUT2D eigenvalue weighted by Gasteiger charge is 2.05. The fraction of sp³-hybridized carbons (Fsp3) is 0.182. The van der Waals surface area contributed by atoms with Crippen LogP contribution in [-0.4, -0.2) is 16.2 Å². The molecule has 0 amide bonds. The largest absolute Gasteiger partial charge is 0.507 e. The first-order valence-corrected chi connectivity index (χ1v) is 5.33. The third kappa shape index (κ3) is 2.70. The van der Waals surface area contributed by atoms with Gasteiger partial charge < -0.3 is 5.11 Å². The summed E-state index contributed by atoms with van der Waals surface area (Å²) >= 11 is 3.27. The number of allylic oxidation sites excluding steroid dienone is 1. The van der Waals surface area contributed by atoms with E-state index in [1.807, 2.05) is 12.2 Å². The van der Waals surface area contributed by atoms with Crippen molar-refractivity contribution in [3.8, 4) is 5.75 Å². The standard InChI is InChI=1S/C11H11BrO2/c1-8(13)10-7-9(3-2-6-12)4-5-11(10)14/h2-5,7,14H,6H2,1H3. The second-order valence-electron chi connectivity index (χ2n) is 2.89. The summed E-state index contributed by atoms with van der Waals surface area (Å²) in [6, 6.07) is 4.97. The predicted molar refractivity (Wildman–Crippen MR) is 60.9 cm³/mol. The lowest BCUT2D eigenvalue weighted by Gasteiger charge is -2.01. The quantitative estimate of drug-likeness (QED) is 0.665. The molecule has 14 heavy (non-hydrogen) atoms. The second kappa shape index (κ2) is 4.96. The van der Waals surface area contributed by atoms with E-state index in [-0.39, 0.29) is 11.5 Å². The monoisotopic (exact) mass is 254 g/mol. The molecule has 0 spiro atoms. The van der Waals surface area contributed by atoms with Crippen LogP contribution in [0.1, 0.15) is 22.8 Å². The van der Waals surface area contributed by atoms with Gasteiger partial charge in [-0.1, -0.05) is 34.1 Å². The second-order valence-corrected chi connectivity index (χ2v) is 3.54. The van der Waals surface area contributed by atoms with E-state index in [0.29, 0.717) is 5.56 Å². The number of benzene rings is 1. The molecule has 1 rings (SSSR count). The first-order valence-electron chi connectivity index (χ1n) is 4.21. The third-order valence-corrected chi connectivity index (χ3v) is 2.17. The molecule has 0 aliphatic rings. The van der Waals surface area contributed by atoms with Crippen molar-refractivity contribution in [2.24, 2.45) is 0 Å². The maximum absolute atomic E-state index is 11.1. The summed E-state index contributed by atoms with van der Waals surface area (Å²) in [5.74, 6) is -0.0925. The van der Waals surface area contributed by atoms with Crippen molar-refractivity contribution in [3.63, 3.8) is 0 Å². The Kier molecular flexibility index (Phi) is 3.89. The zero-order chi connectivity index (χ0) is 10.6. The molecule has 0 aliphatic heterocycles. The van der Waals surface area contributed by atoms with Gasteiger partial charge in [0.1, 0.15) is 5.75 Å². The number of carbonyl (C=O) groups is 1. The van der Waals surface area contributed by atoms with E-state index in [2.05, 4.69) is 15.9 Å². The van der Waals surface area contributed by atoms with E-state index in [4.69, 9.17) is 0 Å². The molecule has 0 atom stereocenters. The zero-order valence-corrected chi connectivity index (χ0v) is 9.41. The number of phenols is 1. The Bertz CT molecular complexity index is 370. The van der Waals surface area contributed by atoms with Crippen LogP contribution in [0.3, 0.4) is 0 Å². The summed E-state index contributed by atoms with van der Waals surface area (Å²) in [6.45, 7) is 1.44. The van der Waals surface area contributed by atoms with Crippen molar-refractivity contribution >= 4 is 27.8 Å². The Hall–Kier alpha value is -1.09. The van der Waals surface area contributed by atoms with Gasteiger partial charge in [-0.3, -0.25) is 4.79 Å². The van der Waals surface area contributed by atoms with Gasteiger partial charge >= 0.3 is 0 Å². The van der Waals surface area contributed by atoms with Crippen molar-refractivity contribution in [1.82, 2.24) is 0 Å². The molecule has 2 nitrogen and oxygen atoms in total. The number of carbonyl (C=O) groups excluding carboxylic acids is 1. The van der Waals surface area contributed by atoms with Crippen LogP contribution in [0.25, 0.3) is 6.08 Å². The molecule has 0 aliphatic carbocycles. The van der Waals surface area contributed by atoms with Crippen molar-refractivity contribution in [3.05, 3.63) is 35.4 Å². The lowest BCUT2D eigenvalue weighted by atomic mass is 10.1. The molecule has 0 saturated heterocycles. The van der Waals surface area contributed by atoms with E-state index in [1.165, 1.54) is 13.0 Å². The number of alkyl halides is 1. The van der Waals surface area contributed by atoms with Crippen LogP contribution >= 0.6 is 15.9 Å². The van der Waals surface area contributed by atoms with Gasteiger partial charge in [-0.2, -0.15) is 0 Å². The van der Waals surface area contributed by atoms with Gasteiger partial charge in [0.15, 0.2) is 5.78 Å². The summed E-state index contributed by atoms with van der Waals surface area (Å²) in [5.41, 5.74) is 1.27. The molecule has 0 fully saturated rings. The van der Waals surface area contributed by atoms with Crippen LogP contribution in [0.2, 0.25) is 0 Å². The zero-order valence-electron chi connectivity index (χ0n) is 7.83. The van der Waals surface area contributed by atoms with Gasteiger partial charge in [0.05, 0.1) is 5.56 Å². The van der Waals surface area contributed by atoms with E-state index in [0.717, 1.165) is 10.9 Å². The highest BCUT2D eigenvalue weighted by molar-refractivity contribution is 9.09. The maximum atomic E-state index is 11.1. The first kappa shape index (κ1) is 11.0. The number of hydrogen-bond acceptors (Lipinski definition) is 2. The normalized spacial score (nSPS) is 10.7. The average Bonchev–Trinajstić information content (AvgIpc) is 2.16. The summed E-state index contributed by atoms with van der Waals surface area (Å²) in [7, 11) is 0. The van der Waals surface area contributed by atoms with Crippen LogP contribution in [0.4, 0.5) is 0 Å². The number of halogens is 1. The molecule has 74 valence electrons. The highest BCUT2D eigenvalue weighted by atomic mass is 79.9. The van der Waals surface area contributed by atoms with E-state index in [1.54, 1.807) is 12.1 Å². The number of rotatable bonds is 3. The number of hydrogen-bond donors (Lipinski definition) is 1. The molecule has 0 heterocycles. The van der Waals surface area contributed by atoms with Crippen LogP contribution < -0.4 is 0 Å².